The molecule has 0 radical (unpaired) electrons. The maximum absolute atomic E-state index is 11.9. The van der Waals surface area contributed by atoms with E-state index in [0.29, 0.717) is 28.1 Å². The van der Waals surface area contributed by atoms with Crippen LogP contribution < -0.4 is 16.2 Å². The number of benzene rings is 1. The van der Waals surface area contributed by atoms with Gasteiger partial charge in [0.15, 0.2) is 0 Å². The number of nitrogens with two attached hydrogens (primary N) is 1. The largest absolute Gasteiger partial charge is 0.480 e. The average Bonchev–Trinajstić information content (AvgIpc) is 2.55. The van der Waals surface area contributed by atoms with Crippen LogP contribution in [0.5, 0.6) is 0 Å². The second-order valence-electron chi connectivity index (χ2n) is 6.76. The lowest BCUT2D eigenvalue weighted by atomic mass is 9.72. The van der Waals surface area contributed by atoms with Crippen LogP contribution in [0.1, 0.15) is 50.0 Å². The molecule has 1 aromatic carbocycles. The van der Waals surface area contributed by atoms with Gasteiger partial charge in [0.1, 0.15) is 6.04 Å². The summed E-state index contributed by atoms with van der Waals surface area (Å²) in [6, 6.07) is 1.57. The average molecular weight is 386 g/mol. The molecule has 136 valence electrons. The molecule has 0 saturated heterocycles. The number of urea groups is 1. The van der Waals surface area contributed by atoms with Gasteiger partial charge in [-0.2, -0.15) is 0 Å². The van der Waals surface area contributed by atoms with Crippen LogP contribution in [0.4, 0.5) is 10.5 Å². The molecular formula is C17H21Cl2N3O3. The Balaban J connectivity index is 2.10. The molecule has 1 heterocycles. The molecule has 1 aliphatic carbocycles. The van der Waals surface area contributed by atoms with Gasteiger partial charge in [-0.1, -0.05) is 42.5 Å². The number of anilines is 1. The highest BCUT2D eigenvalue weighted by Crippen LogP contribution is 2.49. The molecule has 0 unspecified atom stereocenters. The van der Waals surface area contributed by atoms with Crippen molar-refractivity contribution >= 4 is 40.9 Å². The third-order valence-corrected chi connectivity index (χ3v) is 5.76. The van der Waals surface area contributed by atoms with Crippen LogP contribution in [0.25, 0.3) is 0 Å². The van der Waals surface area contributed by atoms with E-state index in [0.717, 1.165) is 31.2 Å². The second kappa shape index (κ2) is 7.30. The van der Waals surface area contributed by atoms with Crippen LogP contribution in [0.15, 0.2) is 12.1 Å². The van der Waals surface area contributed by atoms with E-state index in [-0.39, 0.29) is 5.92 Å². The van der Waals surface area contributed by atoms with E-state index in [9.17, 15) is 14.7 Å². The molecule has 2 atom stereocenters. The summed E-state index contributed by atoms with van der Waals surface area (Å²) in [4.78, 5) is 23.3. The van der Waals surface area contributed by atoms with Crippen LogP contribution in [-0.2, 0) is 4.79 Å². The highest BCUT2D eigenvalue weighted by Gasteiger charge is 2.42. The summed E-state index contributed by atoms with van der Waals surface area (Å²) in [5.74, 6) is -0.618. The number of nitrogens with one attached hydrogen (secondary N) is 1. The molecule has 0 spiro atoms. The monoisotopic (exact) mass is 385 g/mol. The minimum Gasteiger partial charge on any atom is -0.480 e. The quantitative estimate of drug-likeness (QED) is 0.734. The van der Waals surface area contributed by atoms with Crippen molar-refractivity contribution in [1.29, 1.82) is 0 Å². The van der Waals surface area contributed by atoms with E-state index in [1.54, 1.807) is 12.1 Å². The number of carbonyl (C=O) groups excluding carboxylic acids is 1. The van der Waals surface area contributed by atoms with E-state index < -0.39 is 18.0 Å². The molecule has 1 saturated carbocycles. The third-order valence-electron chi connectivity index (χ3n) is 5.23. The van der Waals surface area contributed by atoms with Gasteiger partial charge >= 0.3 is 12.0 Å². The molecule has 1 fully saturated rings. The molecule has 1 aliphatic heterocycles. The van der Waals surface area contributed by atoms with E-state index in [4.69, 9.17) is 28.9 Å². The van der Waals surface area contributed by atoms with Crippen molar-refractivity contribution in [2.45, 2.75) is 50.5 Å². The Hall–Kier alpha value is -1.66. The lowest BCUT2D eigenvalue weighted by Crippen LogP contribution is -2.56. The number of amides is 2. The molecule has 0 bridgehead atoms. The number of aliphatic carboxylic acids is 1. The first-order valence-corrected chi connectivity index (χ1v) is 9.21. The number of rotatable bonds is 3. The molecule has 25 heavy (non-hydrogen) atoms. The number of hydrogen-bond acceptors (Lipinski definition) is 3. The number of carboxylic acids is 1. The summed E-state index contributed by atoms with van der Waals surface area (Å²) in [5, 5.41) is 11.9. The van der Waals surface area contributed by atoms with Crippen LogP contribution in [0.2, 0.25) is 10.0 Å². The van der Waals surface area contributed by atoms with Gasteiger partial charge in [-0.15, -0.1) is 0 Å². The van der Waals surface area contributed by atoms with Crippen LogP contribution >= 0.6 is 23.2 Å². The normalized spacial score (nSPS) is 23.8. The van der Waals surface area contributed by atoms with Crippen molar-refractivity contribution in [1.82, 2.24) is 5.43 Å². The fourth-order valence-electron chi connectivity index (χ4n) is 4.20. The number of hydrazine groups is 1. The predicted octanol–water partition coefficient (Wildman–Crippen LogP) is 3.90. The minimum absolute atomic E-state index is 0.0205. The van der Waals surface area contributed by atoms with Gasteiger partial charge in [-0.25, -0.2) is 15.0 Å². The van der Waals surface area contributed by atoms with Gasteiger partial charge in [0.25, 0.3) is 0 Å². The molecular weight excluding hydrogens is 365 g/mol. The molecule has 3 rings (SSSR count). The Morgan fingerprint density at radius 2 is 1.88 bits per heavy atom. The number of halogens is 2. The standard InChI is InChI=1S/C17H21Cl2N3O3/c18-10-6-12(19)15-11(9-4-2-1-3-5-9)8-14(16(23)24)22(13(15)7-10)21-17(20)25/h6-7,9,11,14H,1-5,8H2,(H,23,24)(H3,20,21,25)/t11-,14-/m1/s1. The van der Waals surface area contributed by atoms with E-state index in [2.05, 4.69) is 5.43 Å². The smallest absolute Gasteiger partial charge is 0.331 e. The Kier molecular flexibility index (Phi) is 5.29. The summed E-state index contributed by atoms with van der Waals surface area (Å²) in [7, 11) is 0. The van der Waals surface area contributed by atoms with E-state index in [1.165, 1.54) is 11.4 Å². The lowest BCUT2D eigenvalue weighted by molar-refractivity contribution is -0.139. The summed E-state index contributed by atoms with van der Waals surface area (Å²) >= 11 is 12.6. The molecule has 2 amide bonds. The first kappa shape index (κ1) is 18.1. The third kappa shape index (κ3) is 3.65. The van der Waals surface area contributed by atoms with Crippen molar-refractivity contribution in [3.63, 3.8) is 0 Å². The molecule has 1 aromatic rings. The Labute approximate surface area is 156 Å². The lowest BCUT2D eigenvalue weighted by Gasteiger charge is -2.43. The molecule has 6 nitrogen and oxygen atoms in total. The number of carbonyl (C=O) groups is 2. The Bertz CT molecular complexity index is 692. The first-order chi connectivity index (χ1) is 11.9. The molecule has 2 aliphatic rings. The van der Waals surface area contributed by atoms with Gasteiger partial charge in [0.05, 0.1) is 5.69 Å². The summed E-state index contributed by atoms with van der Waals surface area (Å²) in [5.41, 5.74) is 9.04. The SMILES string of the molecule is NC(=O)NN1c2cc(Cl)cc(Cl)c2[C@@H](C2CCCCC2)C[C@@H]1C(=O)O. The van der Waals surface area contributed by atoms with Gasteiger partial charge in [-0.3, -0.25) is 5.01 Å². The molecule has 0 aromatic heterocycles. The van der Waals surface area contributed by atoms with Gasteiger partial charge in [0.2, 0.25) is 0 Å². The fraction of sp³-hybridized carbons (Fsp3) is 0.529. The highest BCUT2D eigenvalue weighted by molar-refractivity contribution is 6.35. The van der Waals surface area contributed by atoms with Crippen LogP contribution in [0, 0.1) is 5.92 Å². The summed E-state index contributed by atoms with van der Waals surface area (Å²) < 4.78 is 0. The van der Waals surface area contributed by atoms with Gasteiger partial charge < -0.3 is 10.8 Å². The molecule has 4 N–H and O–H groups in total. The van der Waals surface area contributed by atoms with E-state index >= 15 is 0 Å². The minimum atomic E-state index is -1.02. The zero-order valence-corrected chi connectivity index (χ0v) is 15.2. The van der Waals surface area contributed by atoms with Crippen molar-refractivity contribution < 1.29 is 14.7 Å². The van der Waals surface area contributed by atoms with Gasteiger partial charge in [-0.05, 0) is 48.8 Å². The summed E-state index contributed by atoms with van der Waals surface area (Å²) in [6.45, 7) is 0. The van der Waals surface area contributed by atoms with Gasteiger partial charge in [0, 0.05) is 10.0 Å². The Morgan fingerprint density at radius 3 is 2.48 bits per heavy atom. The van der Waals surface area contributed by atoms with Crippen molar-refractivity contribution in [3.05, 3.63) is 27.7 Å². The second-order valence-corrected chi connectivity index (χ2v) is 7.60. The predicted molar refractivity (Wildman–Crippen MR) is 97.0 cm³/mol. The topological polar surface area (TPSA) is 95.7 Å². The number of primary amides is 1. The highest BCUT2D eigenvalue weighted by atomic mass is 35.5. The van der Waals surface area contributed by atoms with Crippen molar-refractivity contribution in [3.8, 4) is 0 Å². The zero-order valence-electron chi connectivity index (χ0n) is 13.7. The number of nitrogens with zero attached hydrogens (tertiary/aromatic N) is 1. The first-order valence-electron chi connectivity index (χ1n) is 8.45. The molecule has 8 heteroatoms. The number of fused-ring (bicyclic) bond motifs is 1. The summed E-state index contributed by atoms with van der Waals surface area (Å²) in [6.07, 6.45) is 5.97. The van der Waals surface area contributed by atoms with Crippen LogP contribution in [-0.4, -0.2) is 23.1 Å². The Morgan fingerprint density at radius 1 is 1.20 bits per heavy atom. The van der Waals surface area contributed by atoms with Crippen molar-refractivity contribution in [2.75, 3.05) is 5.01 Å². The number of hydrogen-bond donors (Lipinski definition) is 3. The maximum Gasteiger partial charge on any atom is 0.331 e. The fourth-order valence-corrected chi connectivity index (χ4v) is 4.82. The maximum atomic E-state index is 11.9. The number of carboxylic acid groups (broad SMARTS) is 1. The van der Waals surface area contributed by atoms with Crippen LogP contribution in [0.3, 0.4) is 0 Å². The van der Waals surface area contributed by atoms with E-state index in [1.807, 2.05) is 0 Å². The zero-order chi connectivity index (χ0) is 18.1. The van der Waals surface area contributed by atoms with Crippen molar-refractivity contribution in [2.24, 2.45) is 11.7 Å².